The van der Waals surface area contributed by atoms with Gasteiger partial charge in [0, 0.05) is 24.2 Å². The average molecular weight is 474 g/mol. The Morgan fingerprint density at radius 1 is 1.19 bits per heavy atom. The number of nitrogens with zero attached hydrogens (tertiary/aromatic N) is 3. The van der Waals surface area contributed by atoms with Gasteiger partial charge in [-0.1, -0.05) is 53.7 Å². The van der Waals surface area contributed by atoms with Gasteiger partial charge >= 0.3 is 0 Å². The van der Waals surface area contributed by atoms with Crippen LogP contribution in [0.2, 0.25) is 5.02 Å². The number of methoxy groups -OCH3 is 1. The zero-order valence-corrected chi connectivity index (χ0v) is 20.4. The summed E-state index contributed by atoms with van der Waals surface area (Å²) in [5.74, 6) is 0.139. The fourth-order valence-electron chi connectivity index (χ4n) is 3.33. The Hall–Kier alpha value is -2.35. The van der Waals surface area contributed by atoms with Crippen molar-refractivity contribution in [2.75, 3.05) is 19.5 Å². The fourth-order valence-corrected chi connectivity index (χ4v) is 4.40. The van der Waals surface area contributed by atoms with E-state index in [9.17, 15) is 9.59 Å². The molecule has 1 heterocycles. The summed E-state index contributed by atoms with van der Waals surface area (Å²) in [5, 5.41) is 1.47. The topological polar surface area (TPSA) is 64.4 Å². The molecular weight excluding hydrogens is 446 g/mol. The molecule has 0 spiro atoms. The summed E-state index contributed by atoms with van der Waals surface area (Å²) in [5.41, 5.74) is 1.06. The highest BCUT2D eigenvalue weighted by Gasteiger charge is 2.27. The Bertz CT molecular complexity index is 1140. The molecule has 0 saturated carbocycles. The van der Waals surface area contributed by atoms with E-state index in [2.05, 4.69) is 4.98 Å². The van der Waals surface area contributed by atoms with Crippen molar-refractivity contribution < 1.29 is 9.53 Å². The van der Waals surface area contributed by atoms with Gasteiger partial charge in [0.1, 0.15) is 0 Å². The first-order chi connectivity index (χ1) is 15.2. The van der Waals surface area contributed by atoms with Crippen LogP contribution < -0.4 is 5.56 Å². The number of halogens is 1. The minimum atomic E-state index is -0.354. The summed E-state index contributed by atoms with van der Waals surface area (Å²) < 4.78 is 6.73. The van der Waals surface area contributed by atoms with Gasteiger partial charge in [0.15, 0.2) is 5.16 Å². The van der Waals surface area contributed by atoms with Gasteiger partial charge in [0.05, 0.1) is 29.8 Å². The predicted octanol–water partition coefficient (Wildman–Crippen LogP) is 4.62. The monoisotopic (exact) mass is 473 g/mol. The highest BCUT2D eigenvalue weighted by Crippen LogP contribution is 2.24. The molecule has 0 radical (unpaired) electrons. The van der Waals surface area contributed by atoms with Crippen molar-refractivity contribution in [1.82, 2.24) is 14.5 Å². The fraction of sp³-hybridized carbons (Fsp3) is 0.375. The van der Waals surface area contributed by atoms with Crippen LogP contribution in [0.15, 0.2) is 58.5 Å². The Morgan fingerprint density at radius 3 is 2.56 bits per heavy atom. The van der Waals surface area contributed by atoms with Crippen LogP contribution in [0.3, 0.4) is 0 Å². The minimum Gasteiger partial charge on any atom is -0.383 e. The van der Waals surface area contributed by atoms with Gasteiger partial charge in [-0.25, -0.2) is 4.98 Å². The first-order valence-corrected chi connectivity index (χ1v) is 11.7. The molecule has 0 bridgehead atoms. The summed E-state index contributed by atoms with van der Waals surface area (Å²) in [6.45, 7) is 7.28. The number of amides is 1. The molecule has 6 nitrogen and oxygen atoms in total. The molecule has 0 aliphatic heterocycles. The normalized spacial score (nSPS) is 11.7. The number of hydrogen-bond acceptors (Lipinski definition) is 5. The molecule has 0 fully saturated rings. The molecule has 2 aromatic carbocycles. The maximum Gasteiger partial charge on any atom is 0.262 e. The van der Waals surface area contributed by atoms with Crippen LogP contribution in [0.1, 0.15) is 26.3 Å². The molecule has 32 heavy (non-hydrogen) atoms. The SMILES string of the molecule is COCCn1c(SCC(=O)N(Cc2ccccc2)C(C)(C)C)nc2cc(Cl)ccc2c1=O. The van der Waals surface area contributed by atoms with E-state index in [4.69, 9.17) is 16.3 Å². The molecule has 0 atom stereocenters. The largest absolute Gasteiger partial charge is 0.383 e. The lowest BCUT2D eigenvalue weighted by Crippen LogP contribution is -2.46. The minimum absolute atomic E-state index is 0.0231. The molecule has 1 amide bonds. The molecule has 0 saturated heterocycles. The number of carbonyl (C=O) groups excluding carboxylic acids is 1. The van der Waals surface area contributed by atoms with Gasteiger partial charge in [0.25, 0.3) is 5.56 Å². The second-order valence-corrected chi connectivity index (χ2v) is 9.81. The second kappa shape index (κ2) is 10.5. The molecule has 0 aliphatic rings. The Kier molecular flexibility index (Phi) is 7.98. The van der Waals surface area contributed by atoms with Crippen LogP contribution in [0, 0.1) is 0 Å². The number of aromatic nitrogens is 2. The molecule has 170 valence electrons. The molecule has 1 aromatic heterocycles. The number of ether oxygens (including phenoxy) is 1. The summed E-state index contributed by atoms with van der Waals surface area (Å²) in [7, 11) is 1.58. The van der Waals surface area contributed by atoms with Crippen LogP contribution in [0.25, 0.3) is 10.9 Å². The highest BCUT2D eigenvalue weighted by molar-refractivity contribution is 7.99. The number of fused-ring (bicyclic) bond motifs is 1. The van der Waals surface area contributed by atoms with E-state index < -0.39 is 0 Å². The summed E-state index contributed by atoms with van der Waals surface area (Å²) in [4.78, 5) is 32.8. The van der Waals surface area contributed by atoms with E-state index in [-0.39, 0.29) is 22.8 Å². The van der Waals surface area contributed by atoms with Crippen molar-refractivity contribution in [3.05, 3.63) is 69.5 Å². The van der Waals surface area contributed by atoms with E-state index in [1.165, 1.54) is 11.8 Å². The summed E-state index contributed by atoms with van der Waals surface area (Å²) in [6.07, 6.45) is 0. The molecule has 0 N–H and O–H groups in total. The first-order valence-electron chi connectivity index (χ1n) is 10.4. The van der Waals surface area contributed by atoms with E-state index in [1.54, 1.807) is 29.9 Å². The lowest BCUT2D eigenvalue weighted by atomic mass is 10.0. The average Bonchev–Trinajstić information content (AvgIpc) is 2.75. The predicted molar refractivity (Wildman–Crippen MR) is 130 cm³/mol. The number of thioether (sulfide) groups is 1. The third kappa shape index (κ3) is 5.91. The molecule has 3 rings (SSSR count). The number of benzene rings is 2. The molecule has 0 unspecified atom stereocenters. The van der Waals surface area contributed by atoms with Crippen LogP contribution >= 0.6 is 23.4 Å². The van der Waals surface area contributed by atoms with Gasteiger partial charge in [-0.2, -0.15) is 0 Å². The lowest BCUT2D eigenvalue weighted by molar-refractivity contribution is -0.133. The maximum absolute atomic E-state index is 13.2. The van der Waals surface area contributed by atoms with Crippen LogP contribution in [0.4, 0.5) is 0 Å². The lowest BCUT2D eigenvalue weighted by Gasteiger charge is -2.36. The van der Waals surface area contributed by atoms with Crippen LogP contribution in [-0.2, 0) is 22.6 Å². The van der Waals surface area contributed by atoms with Crippen LogP contribution in [-0.4, -0.2) is 45.4 Å². The van der Waals surface area contributed by atoms with Gasteiger partial charge in [-0.05, 0) is 44.5 Å². The Balaban J connectivity index is 1.88. The zero-order valence-electron chi connectivity index (χ0n) is 18.8. The third-order valence-corrected chi connectivity index (χ3v) is 6.22. The Labute approximate surface area is 197 Å². The molecule has 8 heteroatoms. The van der Waals surface area contributed by atoms with E-state index in [1.807, 2.05) is 56.0 Å². The van der Waals surface area contributed by atoms with Crippen molar-refractivity contribution in [3.63, 3.8) is 0 Å². The zero-order chi connectivity index (χ0) is 23.3. The summed E-state index contributed by atoms with van der Waals surface area (Å²) >= 11 is 7.36. The number of carbonyl (C=O) groups is 1. The van der Waals surface area contributed by atoms with Crippen LogP contribution in [0.5, 0.6) is 0 Å². The third-order valence-electron chi connectivity index (χ3n) is 5.02. The van der Waals surface area contributed by atoms with Gasteiger partial charge in [-0.15, -0.1) is 0 Å². The van der Waals surface area contributed by atoms with Crippen molar-refractivity contribution in [3.8, 4) is 0 Å². The van der Waals surface area contributed by atoms with Crippen molar-refractivity contribution in [2.45, 2.75) is 44.6 Å². The number of hydrogen-bond donors (Lipinski definition) is 0. The molecular formula is C24H28ClN3O3S. The van der Waals surface area contributed by atoms with Gasteiger partial charge in [0.2, 0.25) is 5.91 Å². The van der Waals surface area contributed by atoms with Gasteiger partial charge in [-0.3, -0.25) is 14.2 Å². The van der Waals surface area contributed by atoms with E-state index in [0.717, 1.165) is 5.56 Å². The van der Waals surface area contributed by atoms with Crippen molar-refractivity contribution >= 4 is 40.2 Å². The quantitative estimate of drug-likeness (QED) is 0.353. The van der Waals surface area contributed by atoms with E-state index >= 15 is 0 Å². The smallest absolute Gasteiger partial charge is 0.262 e. The van der Waals surface area contributed by atoms with E-state index in [0.29, 0.717) is 40.8 Å². The number of rotatable bonds is 8. The maximum atomic E-state index is 13.2. The van der Waals surface area contributed by atoms with Crippen molar-refractivity contribution in [1.29, 1.82) is 0 Å². The molecule has 0 aliphatic carbocycles. The summed E-state index contributed by atoms with van der Waals surface area (Å²) in [6, 6.07) is 14.9. The Morgan fingerprint density at radius 2 is 1.91 bits per heavy atom. The first kappa shape index (κ1) is 24.3. The highest BCUT2D eigenvalue weighted by atomic mass is 35.5. The second-order valence-electron chi connectivity index (χ2n) is 8.43. The van der Waals surface area contributed by atoms with Crippen molar-refractivity contribution in [2.24, 2.45) is 0 Å². The molecule has 3 aromatic rings. The van der Waals surface area contributed by atoms with Gasteiger partial charge < -0.3 is 9.64 Å². The standard InChI is InChI=1S/C24H28ClN3O3S/c1-24(2,3)28(15-17-8-6-5-7-9-17)21(29)16-32-23-26-20-14-18(25)10-11-19(20)22(30)27(23)12-13-31-4/h5-11,14H,12-13,15-16H2,1-4H3.